The second kappa shape index (κ2) is 11.0. The highest BCUT2D eigenvalue weighted by molar-refractivity contribution is 7.99. The van der Waals surface area contributed by atoms with Crippen LogP contribution in [0.25, 0.3) is 11.4 Å². The van der Waals surface area contributed by atoms with Gasteiger partial charge in [0, 0.05) is 17.7 Å². The summed E-state index contributed by atoms with van der Waals surface area (Å²) in [4.78, 5) is 12.8. The van der Waals surface area contributed by atoms with Crippen LogP contribution in [0.1, 0.15) is 44.2 Å². The smallest absolute Gasteiger partial charge is 0.234 e. The van der Waals surface area contributed by atoms with Crippen LogP contribution < -0.4 is 14.8 Å². The van der Waals surface area contributed by atoms with Crippen LogP contribution in [0.4, 0.5) is 5.69 Å². The van der Waals surface area contributed by atoms with Crippen molar-refractivity contribution < 1.29 is 14.3 Å². The second-order valence-electron chi connectivity index (χ2n) is 8.78. The fourth-order valence-corrected chi connectivity index (χ4v) is 5.36. The van der Waals surface area contributed by atoms with Crippen LogP contribution in [0.2, 0.25) is 0 Å². The Bertz CT molecular complexity index is 1150. The minimum Gasteiger partial charge on any atom is -0.497 e. The Morgan fingerprint density at radius 2 is 1.94 bits per heavy atom. The van der Waals surface area contributed by atoms with Gasteiger partial charge in [0.25, 0.3) is 0 Å². The van der Waals surface area contributed by atoms with E-state index in [1.807, 2.05) is 0 Å². The predicted molar refractivity (Wildman–Crippen MR) is 136 cm³/mol. The van der Waals surface area contributed by atoms with Crippen LogP contribution in [-0.2, 0) is 4.79 Å². The molecule has 8 heteroatoms. The topological polar surface area (TPSA) is 78.3 Å². The fourth-order valence-electron chi connectivity index (χ4n) is 4.56. The SMILES string of the molecule is COc1ccc(OC)c(NC(=O)CSc2nnc(-c3cccc(C)c3)n2[C@@H]2CCCC[C@H]2C)c1. The van der Waals surface area contributed by atoms with E-state index >= 15 is 0 Å². The molecule has 0 radical (unpaired) electrons. The summed E-state index contributed by atoms with van der Waals surface area (Å²) >= 11 is 1.42. The van der Waals surface area contributed by atoms with Gasteiger partial charge in [0.05, 0.1) is 25.7 Å². The number of hydrogen-bond donors (Lipinski definition) is 1. The van der Waals surface area contributed by atoms with Crippen molar-refractivity contribution in [1.29, 1.82) is 0 Å². The summed E-state index contributed by atoms with van der Waals surface area (Å²) < 4.78 is 12.9. The van der Waals surface area contributed by atoms with Crippen molar-refractivity contribution in [2.45, 2.75) is 50.7 Å². The van der Waals surface area contributed by atoms with E-state index in [1.54, 1.807) is 32.4 Å². The number of benzene rings is 2. The van der Waals surface area contributed by atoms with Crippen molar-refractivity contribution in [3.63, 3.8) is 0 Å². The molecule has 2 atom stereocenters. The molecule has 0 bridgehead atoms. The Morgan fingerprint density at radius 3 is 2.68 bits per heavy atom. The van der Waals surface area contributed by atoms with Gasteiger partial charge in [0.2, 0.25) is 5.91 Å². The average Bonchev–Trinajstić information content (AvgIpc) is 3.26. The molecule has 2 aromatic carbocycles. The van der Waals surface area contributed by atoms with Gasteiger partial charge >= 0.3 is 0 Å². The maximum Gasteiger partial charge on any atom is 0.234 e. The van der Waals surface area contributed by atoms with Crippen molar-refractivity contribution in [3.8, 4) is 22.9 Å². The Labute approximate surface area is 205 Å². The fraction of sp³-hybridized carbons (Fsp3) is 0.423. The summed E-state index contributed by atoms with van der Waals surface area (Å²) in [6.07, 6.45) is 4.74. The van der Waals surface area contributed by atoms with Crippen molar-refractivity contribution in [3.05, 3.63) is 48.0 Å². The Morgan fingerprint density at radius 1 is 1.12 bits per heavy atom. The monoisotopic (exact) mass is 480 g/mol. The minimum atomic E-state index is -0.139. The number of nitrogens with zero attached hydrogens (tertiary/aromatic N) is 3. The Balaban J connectivity index is 1.57. The van der Waals surface area contributed by atoms with Gasteiger partial charge in [-0.2, -0.15) is 0 Å². The molecule has 3 aromatic rings. The molecule has 1 N–H and O–H groups in total. The highest BCUT2D eigenvalue weighted by atomic mass is 32.2. The lowest BCUT2D eigenvalue weighted by molar-refractivity contribution is -0.113. The van der Waals surface area contributed by atoms with Crippen molar-refractivity contribution >= 4 is 23.4 Å². The Kier molecular flexibility index (Phi) is 7.77. The third kappa shape index (κ3) is 5.38. The number of thioether (sulfide) groups is 1. The summed E-state index contributed by atoms with van der Waals surface area (Å²) in [6, 6.07) is 14.0. The number of aryl methyl sites for hydroxylation is 1. The maximum absolute atomic E-state index is 12.8. The number of anilines is 1. The van der Waals surface area contributed by atoms with Crippen LogP contribution in [0, 0.1) is 12.8 Å². The standard InChI is InChI=1S/C26H32N4O3S/c1-17-8-7-10-19(14-17)25-28-29-26(30(25)22-11-6-5-9-18(22)2)34-16-24(31)27-21-15-20(32-3)12-13-23(21)33-4/h7-8,10,12-15,18,22H,5-6,9,11,16H2,1-4H3,(H,27,31)/t18-,22-/m1/s1. The number of nitrogens with one attached hydrogen (secondary N) is 1. The molecule has 1 saturated carbocycles. The molecule has 34 heavy (non-hydrogen) atoms. The van der Waals surface area contributed by atoms with Gasteiger partial charge in [0.15, 0.2) is 11.0 Å². The molecule has 7 nitrogen and oxygen atoms in total. The van der Waals surface area contributed by atoms with Gasteiger partial charge in [-0.05, 0) is 43.9 Å². The molecule has 1 aliphatic rings. The van der Waals surface area contributed by atoms with E-state index in [0.29, 0.717) is 29.1 Å². The molecule has 1 aromatic heterocycles. The van der Waals surface area contributed by atoms with E-state index in [2.05, 4.69) is 58.2 Å². The first kappa shape index (κ1) is 24.1. The van der Waals surface area contributed by atoms with Crippen LogP contribution >= 0.6 is 11.8 Å². The van der Waals surface area contributed by atoms with E-state index in [-0.39, 0.29) is 11.7 Å². The van der Waals surface area contributed by atoms with Gasteiger partial charge in [0.1, 0.15) is 11.5 Å². The molecule has 1 amide bonds. The number of rotatable bonds is 8. The number of hydrogen-bond acceptors (Lipinski definition) is 6. The molecular weight excluding hydrogens is 448 g/mol. The number of carbonyl (C=O) groups is 1. The van der Waals surface area contributed by atoms with Gasteiger partial charge in [-0.3, -0.25) is 9.36 Å². The zero-order chi connectivity index (χ0) is 24.1. The molecule has 1 heterocycles. The normalized spacial score (nSPS) is 17.9. The van der Waals surface area contributed by atoms with E-state index in [4.69, 9.17) is 9.47 Å². The highest BCUT2D eigenvalue weighted by Gasteiger charge is 2.29. The molecule has 4 rings (SSSR count). The van der Waals surface area contributed by atoms with Gasteiger partial charge in [-0.25, -0.2) is 0 Å². The zero-order valence-corrected chi connectivity index (χ0v) is 21.0. The number of ether oxygens (including phenoxy) is 2. The van der Waals surface area contributed by atoms with E-state index in [0.717, 1.165) is 23.0 Å². The molecule has 1 aliphatic carbocycles. The predicted octanol–water partition coefficient (Wildman–Crippen LogP) is 5.75. The molecule has 1 fully saturated rings. The highest BCUT2D eigenvalue weighted by Crippen LogP contribution is 2.39. The third-order valence-electron chi connectivity index (χ3n) is 6.35. The summed E-state index contributed by atoms with van der Waals surface area (Å²) in [7, 11) is 3.17. The van der Waals surface area contributed by atoms with Gasteiger partial charge in [-0.15, -0.1) is 10.2 Å². The summed E-state index contributed by atoms with van der Waals surface area (Å²) in [5.74, 6) is 2.72. The van der Waals surface area contributed by atoms with Crippen molar-refractivity contribution in [1.82, 2.24) is 14.8 Å². The van der Waals surface area contributed by atoms with Gasteiger partial charge in [-0.1, -0.05) is 55.3 Å². The summed E-state index contributed by atoms with van der Waals surface area (Å²) in [6.45, 7) is 4.39. The number of carbonyl (C=O) groups excluding carboxylic acids is 1. The van der Waals surface area contributed by atoms with Crippen LogP contribution in [-0.4, -0.2) is 40.6 Å². The molecule has 180 valence electrons. The van der Waals surface area contributed by atoms with Crippen LogP contribution in [0.5, 0.6) is 11.5 Å². The first-order valence-corrected chi connectivity index (χ1v) is 12.7. The molecule has 0 unspecified atom stereocenters. The first-order valence-electron chi connectivity index (χ1n) is 11.7. The summed E-state index contributed by atoms with van der Waals surface area (Å²) in [5, 5.41) is 12.8. The second-order valence-corrected chi connectivity index (χ2v) is 9.72. The van der Waals surface area contributed by atoms with Crippen LogP contribution in [0.3, 0.4) is 0 Å². The molecular formula is C26H32N4O3S. The minimum absolute atomic E-state index is 0.139. The zero-order valence-electron chi connectivity index (χ0n) is 20.2. The number of amides is 1. The lowest BCUT2D eigenvalue weighted by atomic mass is 9.85. The lowest BCUT2D eigenvalue weighted by Gasteiger charge is -2.31. The van der Waals surface area contributed by atoms with Crippen LogP contribution in [0.15, 0.2) is 47.6 Å². The molecule has 0 spiro atoms. The lowest BCUT2D eigenvalue weighted by Crippen LogP contribution is -2.23. The van der Waals surface area contributed by atoms with E-state index < -0.39 is 0 Å². The number of methoxy groups -OCH3 is 2. The number of aromatic nitrogens is 3. The first-order chi connectivity index (χ1) is 16.5. The quantitative estimate of drug-likeness (QED) is 0.414. The summed E-state index contributed by atoms with van der Waals surface area (Å²) in [5.41, 5.74) is 2.82. The largest absolute Gasteiger partial charge is 0.497 e. The van der Waals surface area contributed by atoms with Crippen molar-refractivity contribution in [2.75, 3.05) is 25.3 Å². The molecule has 0 aliphatic heterocycles. The molecule has 0 saturated heterocycles. The third-order valence-corrected chi connectivity index (χ3v) is 7.29. The Hall–Kier alpha value is -3.00. The van der Waals surface area contributed by atoms with Gasteiger partial charge < -0.3 is 14.8 Å². The van der Waals surface area contributed by atoms with E-state index in [1.165, 1.54) is 36.6 Å². The van der Waals surface area contributed by atoms with E-state index in [9.17, 15) is 4.79 Å². The van der Waals surface area contributed by atoms with Crippen molar-refractivity contribution in [2.24, 2.45) is 5.92 Å². The average molecular weight is 481 g/mol. The maximum atomic E-state index is 12.8.